The number of rotatable bonds is 5. The van der Waals surface area contributed by atoms with Crippen LogP contribution in [-0.4, -0.2) is 25.7 Å². The number of nitrogens with one attached hydrogen (secondary N) is 1. The first-order valence-corrected chi connectivity index (χ1v) is 5.72. The predicted molar refractivity (Wildman–Crippen MR) is 67.9 cm³/mol. The molecule has 1 aromatic rings. The Hall–Kier alpha value is -1.10. The van der Waals surface area contributed by atoms with Crippen molar-refractivity contribution in [2.45, 2.75) is 19.0 Å². The van der Waals surface area contributed by atoms with Crippen molar-refractivity contribution in [2.75, 3.05) is 13.7 Å². The summed E-state index contributed by atoms with van der Waals surface area (Å²) in [6.45, 7) is 2.10. The lowest BCUT2D eigenvalue weighted by atomic mass is 10.1. The second-order valence-electron chi connectivity index (χ2n) is 3.84. The Kier molecular flexibility index (Phi) is 5.41. The fourth-order valence-electron chi connectivity index (χ4n) is 1.41. The highest BCUT2D eigenvalue weighted by atomic mass is 35.5. The molecule has 1 rings (SSSR count). The van der Waals surface area contributed by atoms with E-state index in [9.17, 15) is 4.79 Å². The fraction of sp³-hybridized carbons (Fsp3) is 0.417. The number of halogens is 1. The van der Waals surface area contributed by atoms with E-state index >= 15 is 0 Å². The lowest BCUT2D eigenvalue weighted by Gasteiger charge is -2.17. The molecule has 1 amide bonds. The van der Waals surface area contributed by atoms with Crippen LogP contribution in [0.1, 0.15) is 18.5 Å². The summed E-state index contributed by atoms with van der Waals surface area (Å²) in [6, 6.07) is 6.56. The molecule has 0 saturated heterocycles. The second-order valence-corrected chi connectivity index (χ2v) is 4.28. The van der Waals surface area contributed by atoms with Crippen LogP contribution in [0.15, 0.2) is 24.3 Å². The van der Waals surface area contributed by atoms with Crippen LogP contribution in [0.5, 0.6) is 0 Å². The molecule has 2 atom stereocenters. The molecule has 0 saturated carbocycles. The number of carbonyl (C=O) groups is 1. The molecule has 0 bridgehead atoms. The Bertz CT molecular complexity index is 367. The number of amides is 1. The highest BCUT2D eigenvalue weighted by molar-refractivity contribution is 6.30. The SMILES string of the molecule is COCC(N)C(=O)N[C@@H](C)c1ccc(Cl)cc1. The second kappa shape index (κ2) is 6.59. The minimum absolute atomic E-state index is 0.109. The summed E-state index contributed by atoms with van der Waals surface area (Å²) >= 11 is 5.79. The molecule has 1 unspecified atom stereocenters. The monoisotopic (exact) mass is 256 g/mol. The summed E-state index contributed by atoms with van der Waals surface area (Å²) in [7, 11) is 1.51. The molecule has 94 valence electrons. The summed E-state index contributed by atoms with van der Waals surface area (Å²) in [4.78, 5) is 11.6. The van der Waals surface area contributed by atoms with E-state index in [4.69, 9.17) is 22.1 Å². The van der Waals surface area contributed by atoms with Crippen molar-refractivity contribution in [3.63, 3.8) is 0 Å². The predicted octanol–water partition coefficient (Wildman–Crippen LogP) is 1.49. The van der Waals surface area contributed by atoms with Crippen LogP contribution in [0.4, 0.5) is 0 Å². The van der Waals surface area contributed by atoms with Gasteiger partial charge in [-0.1, -0.05) is 23.7 Å². The summed E-state index contributed by atoms with van der Waals surface area (Å²) in [5.74, 6) is -0.227. The normalized spacial score (nSPS) is 14.1. The van der Waals surface area contributed by atoms with Crippen molar-refractivity contribution in [1.29, 1.82) is 0 Å². The summed E-state index contributed by atoms with van der Waals surface area (Å²) < 4.78 is 4.82. The minimum Gasteiger partial charge on any atom is -0.383 e. The van der Waals surface area contributed by atoms with Gasteiger partial charge in [-0.2, -0.15) is 0 Å². The maximum atomic E-state index is 11.6. The zero-order valence-electron chi connectivity index (χ0n) is 9.94. The van der Waals surface area contributed by atoms with Crippen molar-refractivity contribution >= 4 is 17.5 Å². The molecule has 3 N–H and O–H groups in total. The minimum atomic E-state index is -0.644. The van der Waals surface area contributed by atoms with Gasteiger partial charge < -0.3 is 15.8 Å². The van der Waals surface area contributed by atoms with Gasteiger partial charge in [-0.25, -0.2) is 0 Å². The first-order valence-electron chi connectivity index (χ1n) is 5.35. The number of hydrogen-bond acceptors (Lipinski definition) is 3. The summed E-state index contributed by atoms with van der Waals surface area (Å²) in [5, 5.41) is 3.48. The van der Waals surface area contributed by atoms with Crippen molar-refractivity contribution < 1.29 is 9.53 Å². The van der Waals surface area contributed by atoms with Crippen molar-refractivity contribution in [1.82, 2.24) is 5.32 Å². The van der Waals surface area contributed by atoms with E-state index in [2.05, 4.69) is 5.32 Å². The van der Waals surface area contributed by atoms with Gasteiger partial charge in [0.1, 0.15) is 6.04 Å². The van der Waals surface area contributed by atoms with Crippen molar-refractivity contribution in [2.24, 2.45) is 5.73 Å². The molecule has 0 fully saturated rings. The van der Waals surface area contributed by atoms with E-state index in [0.29, 0.717) is 5.02 Å². The number of ether oxygens (including phenoxy) is 1. The molecular formula is C12H17ClN2O2. The molecule has 0 aliphatic rings. The highest BCUT2D eigenvalue weighted by Crippen LogP contribution is 2.15. The van der Waals surface area contributed by atoms with E-state index in [1.54, 1.807) is 12.1 Å². The molecule has 4 nitrogen and oxygen atoms in total. The van der Waals surface area contributed by atoms with Crippen LogP contribution < -0.4 is 11.1 Å². The van der Waals surface area contributed by atoms with Crippen LogP contribution in [0, 0.1) is 0 Å². The largest absolute Gasteiger partial charge is 0.383 e. The van der Waals surface area contributed by atoms with E-state index in [1.165, 1.54) is 7.11 Å². The van der Waals surface area contributed by atoms with Gasteiger partial charge in [0.05, 0.1) is 12.6 Å². The lowest BCUT2D eigenvalue weighted by Crippen LogP contribution is -2.44. The lowest BCUT2D eigenvalue weighted by molar-refractivity contribution is -0.124. The highest BCUT2D eigenvalue weighted by Gasteiger charge is 2.16. The van der Waals surface area contributed by atoms with Gasteiger partial charge in [0.15, 0.2) is 0 Å². The first-order chi connectivity index (χ1) is 8.04. The molecule has 0 radical (unpaired) electrons. The van der Waals surface area contributed by atoms with Crippen molar-refractivity contribution in [3.05, 3.63) is 34.9 Å². The molecule has 0 aromatic heterocycles. The van der Waals surface area contributed by atoms with Gasteiger partial charge in [0.25, 0.3) is 0 Å². The quantitative estimate of drug-likeness (QED) is 0.839. The van der Waals surface area contributed by atoms with Gasteiger partial charge in [-0.3, -0.25) is 4.79 Å². The van der Waals surface area contributed by atoms with Gasteiger partial charge >= 0.3 is 0 Å². The van der Waals surface area contributed by atoms with E-state index in [-0.39, 0.29) is 18.6 Å². The van der Waals surface area contributed by atoms with E-state index in [1.807, 2.05) is 19.1 Å². The molecular weight excluding hydrogens is 240 g/mol. The zero-order valence-corrected chi connectivity index (χ0v) is 10.7. The smallest absolute Gasteiger partial charge is 0.239 e. The summed E-state index contributed by atoms with van der Waals surface area (Å²) in [5.41, 5.74) is 6.60. The fourth-order valence-corrected chi connectivity index (χ4v) is 1.54. The molecule has 0 aliphatic carbocycles. The maximum absolute atomic E-state index is 11.6. The number of carbonyl (C=O) groups excluding carboxylic acids is 1. The van der Waals surface area contributed by atoms with E-state index in [0.717, 1.165) is 5.56 Å². The topological polar surface area (TPSA) is 64.3 Å². The molecule has 0 heterocycles. The van der Waals surface area contributed by atoms with Gasteiger partial charge in [-0.05, 0) is 24.6 Å². The molecule has 1 aromatic carbocycles. The van der Waals surface area contributed by atoms with Crippen LogP contribution in [0.3, 0.4) is 0 Å². The Morgan fingerprint density at radius 3 is 2.59 bits per heavy atom. The zero-order chi connectivity index (χ0) is 12.8. The number of hydrogen-bond donors (Lipinski definition) is 2. The Labute approximate surface area is 106 Å². The molecule has 5 heteroatoms. The number of nitrogens with two attached hydrogens (primary N) is 1. The van der Waals surface area contributed by atoms with Gasteiger partial charge in [0, 0.05) is 12.1 Å². The Morgan fingerprint density at radius 1 is 1.47 bits per heavy atom. The van der Waals surface area contributed by atoms with Crippen LogP contribution in [0.25, 0.3) is 0 Å². The number of benzene rings is 1. The molecule has 17 heavy (non-hydrogen) atoms. The molecule has 0 aliphatic heterocycles. The third-order valence-electron chi connectivity index (χ3n) is 2.41. The maximum Gasteiger partial charge on any atom is 0.239 e. The van der Waals surface area contributed by atoms with Crippen LogP contribution in [0.2, 0.25) is 5.02 Å². The van der Waals surface area contributed by atoms with Crippen molar-refractivity contribution in [3.8, 4) is 0 Å². The molecule has 0 spiro atoms. The van der Waals surface area contributed by atoms with Crippen LogP contribution in [-0.2, 0) is 9.53 Å². The Morgan fingerprint density at radius 2 is 2.06 bits per heavy atom. The first kappa shape index (κ1) is 14.0. The third-order valence-corrected chi connectivity index (χ3v) is 2.66. The standard InChI is InChI=1S/C12H17ClN2O2/c1-8(9-3-5-10(13)6-4-9)15-12(16)11(14)7-17-2/h3-6,8,11H,7,14H2,1-2H3,(H,15,16)/t8-,11?/m0/s1. The summed E-state index contributed by atoms with van der Waals surface area (Å²) in [6.07, 6.45) is 0. The van der Waals surface area contributed by atoms with Crippen LogP contribution >= 0.6 is 11.6 Å². The van der Waals surface area contributed by atoms with E-state index < -0.39 is 6.04 Å². The number of methoxy groups -OCH3 is 1. The third kappa shape index (κ3) is 4.34. The average Bonchev–Trinajstić information content (AvgIpc) is 2.30. The average molecular weight is 257 g/mol. The Balaban J connectivity index is 2.57. The van der Waals surface area contributed by atoms with Gasteiger partial charge in [0.2, 0.25) is 5.91 Å². The van der Waals surface area contributed by atoms with Gasteiger partial charge in [-0.15, -0.1) is 0 Å².